The van der Waals surface area contributed by atoms with Crippen molar-refractivity contribution in [2.45, 2.75) is 20.5 Å². The summed E-state index contributed by atoms with van der Waals surface area (Å²) < 4.78 is 19.3. The molecule has 2 rings (SSSR count). The highest BCUT2D eigenvalue weighted by atomic mass is 19.1. The van der Waals surface area contributed by atoms with Crippen LogP contribution >= 0.6 is 0 Å². The van der Waals surface area contributed by atoms with Gasteiger partial charge in [0, 0.05) is 5.56 Å². The summed E-state index contributed by atoms with van der Waals surface area (Å²) in [7, 11) is 0. The predicted octanol–water partition coefficient (Wildman–Crippen LogP) is 3.60. The fraction of sp³-hybridized carbons (Fsp3) is 0.200. The molecular formula is C15H16FNO. The summed E-state index contributed by atoms with van der Waals surface area (Å²) >= 11 is 0. The normalized spacial score (nSPS) is 10.4. The summed E-state index contributed by atoms with van der Waals surface area (Å²) in [4.78, 5) is 0. The van der Waals surface area contributed by atoms with E-state index in [2.05, 4.69) is 0 Å². The van der Waals surface area contributed by atoms with Crippen LogP contribution in [0, 0.1) is 19.7 Å². The van der Waals surface area contributed by atoms with E-state index in [4.69, 9.17) is 10.5 Å². The molecule has 0 aromatic heterocycles. The topological polar surface area (TPSA) is 35.2 Å². The van der Waals surface area contributed by atoms with Crippen molar-refractivity contribution in [1.29, 1.82) is 0 Å². The number of hydrogen-bond acceptors (Lipinski definition) is 2. The van der Waals surface area contributed by atoms with Gasteiger partial charge in [-0.2, -0.15) is 0 Å². The van der Waals surface area contributed by atoms with Crippen molar-refractivity contribution in [2.24, 2.45) is 0 Å². The Bertz CT molecular complexity index is 515. The molecule has 0 heterocycles. The Balaban J connectivity index is 2.17. The van der Waals surface area contributed by atoms with Gasteiger partial charge in [0.2, 0.25) is 0 Å². The van der Waals surface area contributed by atoms with Crippen LogP contribution in [0.25, 0.3) is 0 Å². The van der Waals surface area contributed by atoms with E-state index in [1.165, 1.54) is 6.07 Å². The molecule has 2 nitrogen and oxygen atoms in total. The molecule has 2 N–H and O–H groups in total. The standard InChI is InChI=1S/C15H16FNO/c1-10-5-3-8-14(11(10)2)18-9-12-6-4-7-13(17)15(12)16/h3-8H,9,17H2,1-2H3. The van der Waals surface area contributed by atoms with Crippen LogP contribution in [0.2, 0.25) is 0 Å². The number of anilines is 1. The number of nitrogen functional groups attached to an aromatic ring is 1. The molecule has 0 radical (unpaired) electrons. The lowest BCUT2D eigenvalue weighted by Gasteiger charge is -2.11. The maximum atomic E-state index is 13.7. The predicted molar refractivity (Wildman–Crippen MR) is 71.1 cm³/mol. The van der Waals surface area contributed by atoms with Crippen LogP contribution in [0.3, 0.4) is 0 Å². The van der Waals surface area contributed by atoms with E-state index >= 15 is 0 Å². The summed E-state index contributed by atoms with van der Waals surface area (Å²) in [5, 5.41) is 0. The van der Waals surface area contributed by atoms with E-state index in [0.717, 1.165) is 16.9 Å². The molecule has 0 aliphatic rings. The third kappa shape index (κ3) is 2.45. The largest absolute Gasteiger partial charge is 0.489 e. The maximum Gasteiger partial charge on any atom is 0.152 e. The van der Waals surface area contributed by atoms with E-state index in [1.54, 1.807) is 12.1 Å². The zero-order valence-corrected chi connectivity index (χ0v) is 10.5. The van der Waals surface area contributed by atoms with Gasteiger partial charge in [0.25, 0.3) is 0 Å². The summed E-state index contributed by atoms with van der Waals surface area (Å²) in [6.45, 7) is 4.19. The van der Waals surface area contributed by atoms with E-state index in [1.807, 2.05) is 32.0 Å². The molecule has 0 amide bonds. The lowest BCUT2D eigenvalue weighted by Crippen LogP contribution is -2.02. The summed E-state index contributed by atoms with van der Waals surface area (Å²) in [5.74, 6) is 0.375. The van der Waals surface area contributed by atoms with Crippen LogP contribution in [0.15, 0.2) is 36.4 Å². The van der Waals surface area contributed by atoms with Crippen LogP contribution in [0.4, 0.5) is 10.1 Å². The van der Waals surface area contributed by atoms with E-state index < -0.39 is 5.82 Å². The average Bonchev–Trinajstić information content (AvgIpc) is 2.36. The van der Waals surface area contributed by atoms with Crippen molar-refractivity contribution >= 4 is 5.69 Å². The van der Waals surface area contributed by atoms with Gasteiger partial charge in [-0.15, -0.1) is 0 Å². The zero-order chi connectivity index (χ0) is 13.1. The second-order valence-corrected chi connectivity index (χ2v) is 4.31. The highest BCUT2D eigenvalue weighted by Crippen LogP contribution is 2.23. The van der Waals surface area contributed by atoms with Gasteiger partial charge in [0.05, 0.1) is 5.69 Å². The number of benzene rings is 2. The van der Waals surface area contributed by atoms with Gasteiger partial charge in [-0.25, -0.2) is 4.39 Å². The minimum atomic E-state index is -0.400. The van der Waals surface area contributed by atoms with Gasteiger partial charge in [-0.1, -0.05) is 24.3 Å². The molecule has 18 heavy (non-hydrogen) atoms. The Labute approximate surface area is 106 Å². The first-order valence-electron chi connectivity index (χ1n) is 5.81. The highest BCUT2D eigenvalue weighted by molar-refractivity contribution is 5.43. The number of aryl methyl sites for hydroxylation is 1. The monoisotopic (exact) mass is 245 g/mol. The second-order valence-electron chi connectivity index (χ2n) is 4.31. The minimum absolute atomic E-state index is 0.150. The van der Waals surface area contributed by atoms with Crippen LogP contribution < -0.4 is 10.5 Å². The van der Waals surface area contributed by atoms with Gasteiger partial charge >= 0.3 is 0 Å². The Morgan fingerprint density at radius 3 is 2.61 bits per heavy atom. The Kier molecular flexibility index (Phi) is 3.51. The fourth-order valence-electron chi connectivity index (χ4n) is 1.75. The number of rotatable bonds is 3. The van der Waals surface area contributed by atoms with Gasteiger partial charge < -0.3 is 10.5 Å². The zero-order valence-electron chi connectivity index (χ0n) is 10.5. The summed E-state index contributed by atoms with van der Waals surface area (Å²) in [6.07, 6.45) is 0. The molecule has 0 saturated heterocycles. The first-order chi connectivity index (χ1) is 8.59. The van der Waals surface area contributed by atoms with Gasteiger partial charge in [0.15, 0.2) is 5.82 Å². The summed E-state index contributed by atoms with van der Waals surface area (Å²) in [5.41, 5.74) is 8.36. The molecule has 94 valence electrons. The number of hydrogen-bond donors (Lipinski definition) is 1. The number of nitrogens with two attached hydrogens (primary N) is 1. The van der Waals surface area contributed by atoms with Crippen molar-refractivity contribution in [3.8, 4) is 5.75 Å². The molecule has 0 fully saturated rings. The average molecular weight is 245 g/mol. The minimum Gasteiger partial charge on any atom is -0.489 e. The maximum absolute atomic E-state index is 13.7. The van der Waals surface area contributed by atoms with Gasteiger partial charge in [-0.3, -0.25) is 0 Å². The van der Waals surface area contributed by atoms with Crippen LogP contribution in [-0.4, -0.2) is 0 Å². The Hall–Kier alpha value is -2.03. The SMILES string of the molecule is Cc1cccc(OCc2cccc(N)c2F)c1C. The van der Waals surface area contributed by atoms with Crippen molar-refractivity contribution in [2.75, 3.05) is 5.73 Å². The van der Waals surface area contributed by atoms with Crippen molar-refractivity contribution in [3.05, 3.63) is 58.9 Å². The molecular weight excluding hydrogens is 229 g/mol. The second kappa shape index (κ2) is 5.08. The molecule has 0 saturated carbocycles. The summed E-state index contributed by atoms with van der Waals surface area (Å²) in [6, 6.07) is 10.8. The highest BCUT2D eigenvalue weighted by Gasteiger charge is 2.07. The van der Waals surface area contributed by atoms with Crippen LogP contribution in [0.5, 0.6) is 5.75 Å². The van der Waals surface area contributed by atoms with Gasteiger partial charge in [0.1, 0.15) is 12.4 Å². The third-order valence-corrected chi connectivity index (χ3v) is 3.05. The molecule has 0 aliphatic heterocycles. The molecule has 0 unspecified atom stereocenters. The molecule has 2 aromatic carbocycles. The van der Waals surface area contributed by atoms with E-state index in [0.29, 0.717) is 5.56 Å². The molecule has 0 atom stereocenters. The van der Waals surface area contributed by atoms with Crippen molar-refractivity contribution in [3.63, 3.8) is 0 Å². The molecule has 0 bridgehead atoms. The lowest BCUT2D eigenvalue weighted by molar-refractivity contribution is 0.298. The Morgan fingerprint density at radius 2 is 1.83 bits per heavy atom. The molecule has 3 heteroatoms. The first kappa shape index (κ1) is 12.4. The van der Waals surface area contributed by atoms with E-state index in [9.17, 15) is 4.39 Å². The van der Waals surface area contributed by atoms with Crippen molar-refractivity contribution in [1.82, 2.24) is 0 Å². The van der Waals surface area contributed by atoms with Gasteiger partial charge in [-0.05, 0) is 37.1 Å². The molecule has 0 spiro atoms. The lowest BCUT2D eigenvalue weighted by atomic mass is 10.1. The number of ether oxygens (including phenoxy) is 1. The van der Waals surface area contributed by atoms with E-state index in [-0.39, 0.29) is 12.3 Å². The third-order valence-electron chi connectivity index (χ3n) is 3.05. The first-order valence-corrected chi connectivity index (χ1v) is 5.81. The Morgan fingerprint density at radius 1 is 1.11 bits per heavy atom. The number of halogens is 1. The molecule has 0 aliphatic carbocycles. The smallest absolute Gasteiger partial charge is 0.152 e. The fourth-order valence-corrected chi connectivity index (χ4v) is 1.75. The van der Waals surface area contributed by atoms with Crippen LogP contribution in [-0.2, 0) is 6.61 Å². The molecule has 2 aromatic rings. The quantitative estimate of drug-likeness (QED) is 0.838. The van der Waals surface area contributed by atoms with Crippen LogP contribution in [0.1, 0.15) is 16.7 Å². The van der Waals surface area contributed by atoms with Crippen molar-refractivity contribution < 1.29 is 9.13 Å².